The summed E-state index contributed by atoms with van der Waals surface area (Å²) in [7, 11) is 0. The van der Waals surface area contributed by atoms with Crippen molar-refractivity contribution in [1.82, 2.24) is 0 Å². The Morgan fingerprint density at radius 1 is 1.24 bits per heavy atom. The van der Waals surface area contributed by atoms with Crippen molar-refractivity contribution in [3.63, 3.8) is 0 Å². The fourth-order valence-electron chi connectivity index (χ4n) is 1.47. The van der Waals surface area contributed by atoms with E-state index in [4.69, 9.17) is 5.11 Å². The van der Waals surface area contributed by atoms with Gasteiger partial charge in [0.05, 0.1) is 0 Å². The second-order valence-corrected chi connectivity index (χ2v) is 4.84. The Labute approximate surface area is 109 Å². The predicted octanol–water partition coefficient (Wildman–Crippen LogP) is 3.59. The summed E-state index contributed by atoms with van der Waals surface area (Å²) >= 11 is 3.39. The van der Waals surface area contributed by atoms with Gasteiger partial charge in [-0.3, -0.25) is 9.59 Å². The topological polar surface area (TPSA) is 54.4 Å². The average molecular weight is 299 g/mol. The monoisotopic (exact) mass is 298 g/mol. The van der Waals surface area contributed by atoms with Crippen LogP contribution in [-0.4, -0.2) is 16.9 Å². The quantitative estimate of drug-likeness (QED) is 0.645. The number of hydrogen-bond acceptors (Lipinski definition) is 2. The molecule has 1 aromatic rings. The van der Waals surface area contributed by atoms with Gasteiger partial charge in [-0.25, -0.2) is 0 Å². The number of aliphatic carboxylic acids is 1. The molecule has 0 saturated carbocycles. The van der Waals surface area contributed by atoms with Crippen LogP contribution >= 0.6 is 15.9 Å². The Hall–Kier alpha value is -1.16. The van der Waals surface area contributed by atoms with E-state index in [0.29, 0.717) is 24.8 Å². The van der Waals surface area contributed by atoms with E-state index < -0.39 is 5.97 Å². The number of carboxylic acid groups (broad SMARTS) is 1. The normalized spacial score (nSPS) is 10.2. The van der Waals surface area contributed by atoms with Crippen LogP contribution in [0, 0.1) is 6.92 Å². The Kier molecular flexibility index (Phi) is 5.35. The van der Waals surface area contributed by atoms with Crippen LogP contribution in [0.4, 0.5) is 0 Å². The molecule has 1 rings (SSSR count). The first-order valence-electron chi connectivity index (χ1n) is 5.52. The molecule has 0 atom stereocenters. The maximum atomic E-state index is 11.8. The van der Waals surface area contributed by atoms with Crippen molar-refractivity contribution in [2.24, 2.45) is 0 Å². The third-order valence-electron chi connectivity index (χ3n) is 2.54. The molecule has 0 heterocycles. The van der Waals surface area contributed by atoms with Gasteiger partial charge in [-0.2, -0.15) is 0 Å². The van der Waals surface area contributed by atoms with Gasteiger partial charge in [0, 0.05) is 22.9 Å². The molecule has 0 fully saturated rings. The summed E-state index contributed by atoms with van der Waals surface area (Å²) in [6.07, 6.45) is 1.71. The third-order valence-corrected chi connectivity index (χ3v) is 3.39. The van der Waals surface area contributed by atoms with Gasteiger partial charge in [0.2, 0.25) is 0 Å². The van der Waals surface area contributed by atoms with E-state index in [0.717, 1.165) is 10.0 Å². The zero-order valence-corrected chi connectivity index (χ0v) is 11.3. The first-order valence-corrected chi connectivity index (χ1v) is 6.31. The zero-order valence-electron chi connectivity index (χ0n) is 9.70. The van der Waals surface area contributed by atoms with Gasteiger partial charge in [0.15, 0.2) is 5.78 Å². The van der Waals surface area contributed by atoms with E-state index >= 15 is 0 Å². The fourth-order valence-corrected chi connectivity index (χ4v) is 1.85. The molecule has 92 valence electrons. The molecule has 1 aromatic carbocycles. The second kappa shape index (κ2) is 6.55. The van der Waals surface area contributed by atoms with E-state index in [1.165, 1.54) is 0 Å². The van der Waals surface area contributed by atoms with Crippen LogP contribution in [0.15, 0.2) is 22.7 Å². The Morgan fingerprint density at radius 2 is 1.88 bits per heavy atom. The van der Waals surface area contributed by atoms with Gasteiger partial charge < -0.3 is 5.11 Å². The third kappa shape index (κ3) is 4.69. The van der Waals surface area contributed by atoms with Gasteiger partial charge in [0.1, 0.15) is 0 Å². The minimum absolute atomic E-state index is 0.0658. The number of carbonyl (C=O) groups is 2. The van der Waals surface area contributed by atoms with Crippen LogP contribution in [0.1, 0.15) is 41.6 Å². The van der Waals surface area contributed by atoms with Gasteiger partial charge >= 0.3 is 5.97 Å². The molecule has 0 amide bonds. The summed E-state index contributed by atoms with van der Waals surface area (Å²) < 4.78 is 0.925. The van der Waals surface area contributed by atoms with Crippen molar-refractivity contribution in [3.05, 3.63) is 33.8 Å². The average Bonchev–Trinajstić information content (AvgIpc) is 2.27. The number of hydrogen-bond donors (Lipinski definition) is 1. The highest BCUT2D eigenvalue weighted by Crippen LogP contribution is 2.19. The van der Waals surface area contributed by atoms with E-state index in [9.17, 15) is 9.59 Å². The summed E-state index contributed by atoms with van der Waals surface area (Å²) in [5.74, 6) is -0.744. The molecule has 17 heavy (non-hydrogen) atoms. The van der Waals surface area contributed by atoms with Crippen LogP contribution in [0.3, 0.4) is 0 Å². The lowest BCUT2D eigenvalue weighted by Gasteiger charge is -2.03. The number of carbonyl (C=O) groups excluding carboxylic acids is 1. The number of halogens is 1. The van der Waals surface area contributed by atoms with Crippen molar-refractivity contribution >= 4 is 27.7 Å². The molecular weight excluding hydrogens is 284 g/mol. The smallest absolute Gasteiger partial charge is 0.303 e. The predicted molar refractivity (Wildman–Crippen MR) is 69.3 cm³/mol. The molecule has 4 heteroatoms. The van der Waals surface area contributed by atoms with Gasteiger partial charge in [0.25, 0.3) is 0 Å². The molecule has 0 aliphatic rings. The van der Waals surface area contributed by atoms with Crippen LogP contribution in [0.25, 0.3) is 0 Å². The lowest BCUT2D eigenvalue weighted by Crippen LogP contribution is -2.00. The first kappa shape index (κ1) is 13.9. The maximum absolute atomic E-state index is 11.8. The number of aryl methyl sites for hydroxylation is 1. The fraction of sp³-hybridized carbons (Fsp3) is 0.385. The number of Topliss-reactive ketones (excluding diaryl/α,β-unsaturated/α-hetero) is 1. The SMILES string of the molecule is Cc1ccc(C(=O)CCCCC(=O)O)cc1Br. The van der Waals surface area contributed by atoms with Gasteiger partial charge in [-0.05, 0) is 31.4 Å². The van der Waals surface area contributed by atoms with E-state index in [1.54, 1.807) is 6.07 Å². The summed E-state index contributed by atoms with van der Waals surface area (Å²) in [6, 6.07) is 5.52. The summed E-state index contributed by atoms with van der Waals surface area (Å²) in [5, 5.41) is 8.47. The van der Waals surface area contributed by atoms with Crippen LogP contribution in [-0.2, 0) is 4.79 Å². The Balaban J connectivity index is 2.47. The largest absolute Gasteiger partial charge is 0.481 e. The first-order chi connectivity index (χ1) is 8.00. The molecule has 0 saturated heterocycles. The van der Waals surface area contributed by atoms with Crippen LogP contribution in [0.5, 0.6) is 0 Å². The van der Waals surface area contributed by atoms with Crippen LogP contribution < -0.4 is 0 Å². The van der Waals surface area contributed by atoms with Crippen molar-refractivity contribution in [2.45, 2.75) is 32.6 Å². The molecule has 0 spiro atoms. The molecule has 3 nitrogen and oxygen atoms in total. The Morgan fingerprint density at radius 3 is 2.47 bits per heavy atom. The highest BCUT2D eigenvalue weighted by atomic mass is 79.9. The second-order valence-electron chi connectivity index (χ2n) is 3.99. The minimum Gasteiger partial charge on any atom is -0.481 e. The van der Waals surface area contributed by atoms with E-state index in [-0.39, 0.29) is 12.2 Å². The van der Waals surface area contributed by atoms with Crippen LogP contribution in [0.2, 0.25) is 0 Å². The zero-order chi connectivity index (χ0) is 12.8. The number of benzene rings is 1. The van der Waals surface area contributed by atoms with Crippen molar-refractivity contribution in [2.75, 3.05) is 0 Å². The molecule has 0 aromatic heterocycles. The standard InChI is InChI=1S/C13H15BrO3/c1-9-6-7-10(8-11(9)14)12(15)4-2-3-5-13(16)17/h6-8H,2-5H2,1H3,(H,16,17). The van der Waals surface area contributed by atoms with E-state index in [2.05, 4.69) is 15.9 Å². The van der Waals surface area contributed by atoms with E-state index in [1.807, 2.05) is 19.1 Å². The van der Waals surface area contributed by atoms with Crippen molar-refractivity contribution in [3.8, 4) is 0 Å². The maximum Gasteiger partial charge on any atom is 0.303 e. The summed E-state index contributed by atoms with van der Waals surface area (Å²) in [4.78, 5) is 22.1. The van der Waals surface area contributed by atoms with Crippen molar-refractivity contribution < 1.29 is 14.7 Å². The number of rotatable bonds is 6. The summed E-state index contributed by atoms with van der Waals surface area (Å²) in [5.41, 5.74) is 1.77. The molecule has 0 aliphatic carbocycles. The number of unbranched alkanes of at least 4 members (excludes halogenated alkanes) is 1. The van der Waals surface area contributed by atoms with Crippen molar-refractivity contribution in [1.29, 1.82) is 0 Å². The molecule has 1 N–H and O–H groups in total. The van der Waals surface area contributed by atoms with Gasteiger partial charge in [-0.1, -0.05) is 28.1 Å². The number of ketones is 1. The Bertz CT molecular complexity index is 427. The summed E-state index contributed by atoms with van der Waals surface area (Å²) in [6.45, 7) is 1.96. The lowest BCUT2D eigenvalue weighted by atomic mass is 10.0. The molecular formula is C13H15BrO3. The number of carboxylic acids is 1. The van der Waals surface area contributed by atoms with Gasteiger partial charge in [-0.15, -0.1) is 0 Å². The molecule has 0 unspecified atom stereocenters. The lowest BCUT2D eigenvalue weighted by molar-refractivity contribution is -0.137. The highest BCUT2D eigenvalue weighted by molar-refractivity contribution is 9.10. The highest BCUT2D eigenvalue weighted by Gasteiger charge is 2.07. The molecule has 0 radical (unpaired) electrons. The minimum atomic E-state index is -0.810. The molecule has 0 bridgehead atoms. The molecule has 0 aliphatic heterocycles.